The van der Waals surface area contributed by atoms with Gasteiger partial charge in [0, 0.05) is 25.9 Å². The van der Waals surface area contributed by atoms with Crippen molar-refractivity contribution in [1.82, 2.24) is 10.6 Å². The second-order valence-electron chi connectivity index (χ2n) is 9.41. The number of Topliss-reactive ketones (excluding diaryl/α,β-unsaturated/α-hetero) is 2. The van der Waals surface area contributed by atoms with E-state index in [1.807, 2.05) is 0 Å². The standard InChI is InChI=1S/C22H20Br2N4O8/c23-9-5-21(17-15(33-17)13(9)29)7-11(27-35-21)19(31)25-3-1-2-4-26-20(32)12-8-22(36-28-12)6-10(24)14(30)16-18(22)34-16/h5-6,15-18H,1-4,7-8H2,(H,25,31)(H,26,32)/t15-,16-,17-,18-,21-,22+/m0/s1. The van der Waals surface area contributed by atoms with Gasteiger partial charge < -0.3 is 29.8 Å². The van der Waals surface area contributed by atoms with Gasteiger partial charge in [-0.15, -0.1) is 0 Å². The predicted molar refractivity (Wildman–Crippen MR) is 128 cm³/mol. The zero-order chi connectivity index (χ0) is 25.2. The molecular formula is C22H20Br2N4O8. The fourth-order valence-electron chi connectivity index (χ4n) is 4.87. The average molecular weight is 628 g/mol. The number of hydrogen-bond acceptors (Lipinski definition) is 10. The Morgan fingerprint density at radius 2 is 1.25 bits per heavy atom. The molecule has 36 heavy (non-hydrogen) atoms. The van der Waals surface area contributed by atoms with Crippen LogP contribution in [0, 0.1) is 0 Å². The molecule has 2 spiro atoms. The molecule has 6 atom stereocenters. The van der Waals surface area contributed by atoms with Gasteiger partial charge in [0.25, 0.3) is 11.8 Å². The van der Waals surface area contributed by atoms with Crippen molar-refractivity contribution in [2.75, 3.05) is 13.1 Å². The molecular weight excluding hydrogens is 608 g/mol. The molecule has 0 aromatic heterocycles. The summed E-state index contributed by atoms with van der Waals surface area (Å²) >= 11 is 6.44. The Balaban J connectivity index is 0.900. The molecule has 0 radical (unpaired) electrons. The van der Waals surface area contributed by atoms with Crippen molar-refractivity contribution in [3.05, 3.63) is 21.1 Å². The van der Waals surface area contributed by atoms with Crippen LogP contribution in [0.15, 0.2) is 31.4 Å². The van der Waals surface area contributed by atoms with E-state index in [4.69, 9.17) is 19.1 Å². The summed E-state index contributed by atoms with van der Waals surface area (Å²) < 4.78 is 11.6. The third-order valence-electron chi connectivity index (χ3n) is 6.91. The monoisotopic (exact) mass is 626 g/mol. The molecule has 4 heterocycles. The van der Waals surface area contributed by atoms with Crippen molar-refractivity contribution in [2.45, 2.75) is 61.3 Å². The number of ketones is 2. The Bertz CT molecular complexity index is 1120. The Hall–Kier alpha value is -2.42. The molecule has 4 aliphatic heterocycles. The van der Waals surface area contributed by atoms with Gasteiger partial charge in [-0.2, -0.15) is 0 Å². The third kappa shape index (κ3) is 3.94. The Labute approximate surface area is 221 Å². The summed E-state index contributed by atoms with van der Waals surface area (Å²) in [5.74, 6) is -0.953. The lowest BCUT2D eigenvalue weighted by atomic mass is 9.86. The van der Waals surface area contributed by atoms with E-state index in [0.29, 0.717) is 34.9 Å². The van der Waals surface area contributed by atoms with Crippen molar-refractivity contribution >= 4 is 66.7 Å². The number of carbonyl (C=O) groups excluding carboxylic acids is 4. The average Bonchev–Trinajstić information content (AvgIpc) is 3.76. The van der Waals surface area contributed by atoms with Gasteiger partial charge in [-0.25, -0.2) is 0 Å². The molecule has 0 unspecified atom stereocenters. The summed E-state index contributed by atoms with van der Waals surface area (Å²) in [6.07, 6.45) is 2.99. The molecule has 2 fully saturated rings. The van der Waals surface area contributed by atoms with E-state index in [2.05, 4.69) is 52.8 Å². The number of nitrogens with one attached hydrogen (secondary N) is 2. The number of oxime groups is 2. The highest BCUT2D eigenvalue weighted by molar-refractivity contribution is 9.12. The summed E-state index contributed by atoms with van der Waals surface area (Å²) in [6.45, 7) is 0.781. The quantitative estimate of drug-likeness (QED) is 0.301. The second-order valence-corrected chi connectivity index (χ2v) is 11.1. The number of rotatable bonds is 7. The number of halogens is 2. The molecule has 2 aliphatic carbocycles. The summed E-state index contributed by atoms with van der Waals surface area (Å²) in [6, 6.07) is 0. The fraction of sp³-hybridized carbons (Fsp3) is 0.545. The first-order valence-electron chi connectivity index (χ1n) is 11.5. The highest BCUT2D eigenvalue weighted by Gasteiger charge is 2.66. The van der Waals surface area contributed by atoms with Gasteiger partial charge in [0.15, 0.2) is 23.4 Å². The van der Waals surface area contributed by atoms with Crippen LogP contribution in [-0.4, -0.2) is 83.5 Å². The van der Waals surface area contributed by atoms with Gasteiger partial charge in [0.2, 0.25) is 11.6 Å². The summed E-state index contributed by atoms with van der Waals surface area (Å²) in [5.41, 5.74) is -1.37. The van der Waals surface area contributed by atoms with Crippen LogP contribution in [0.5, 0.6) is 0 Å². The van der Waals surface area contributed by atoms with Gasteiger partial charge in [-0.1, -0.05) is 10.3 Å². The smallest absolute Gasteiger partial charge is 0.269 e. The first-order chi connectivity index (χ1) is 17.2. The van der Waals surface area contributed by atoms with Gasteiger partial charge in [0.1, 0.15) is 23.6 Å². The largest absolute Gasteiger partial charge is 0.381 e. The molecule has 6 rings (SSSR count). The highest BCUT2D eigenvalue weighted by Crippen LogP contribution is 2.49. The Morgan fingerprint density at radius 3 is 1.67 bits per heavy atom. The maximum Gasteiger partial charge on any atom is 0.269 e. The molecule has 2 N–H and O–H groups in total. The normalized spacial score (nSPS) is 37.2. The van der Waals surface area contributed by atoms with Crippen molar-refractivity contribution in [3.63, 3.8) is 0 Å². The van der Waals surface area contributed by atoms with Gasteiger partial charge in [0.05, 0.1) is 8.96 Å². The van der Waals surface area contributed by atoms with E-state index < -0.39 is 35.6 Å². The highest BCUT2D eigenvalue weighted by atomic mass is 79.9. The number of hydrogen-bond donors (Lipinski definition) is 2. The Morgan fingerprint density at radius 1 is 0.833 bits per heavy atom. The molecule has 14 heteroatoms. The number of ether oxygens (including phenoxy) is 2. The molecule has 0 saturated carbocycles. The SMILES string of the molecule is O=C(NCCCCNC(=O)C1=NO[C@@]2(C=C(Br)C(=O)[C@@H]3O[C@@H]32)C1)C1=NO[C@]2(C=C(Br)C(=O)[C@@H]3O[C@@H]32)C1. The van der Waals surface area contributed by atoms with Crippen LogP contribution >= 0.6 is 31.9 Å². The topological polar surface area (TPSA) is 161 Å². The first kappa shape index (κ1) is 23.9. The minimum atomic E-state index is -0.925. The van der Waals surface area contributed by atoms with Crippen molar-refractivity contribution in [3.8, 4) is 0 Å². The zero-order valence-electron chi connectivity index (χ0n) is 18.6. The van der Waals surface area contributed by atoms with E-state index in [1.165, 1.54) is 0 Å². The minimum Gasteiger partial charge on any atom is -0.381 e. The van der Waals surface area contributed by atoms with E-state index in [-0.39, 0.29) is 47.6 Å². The summed E-state index contributed by atoms with van der Waals surface area (Å²) in [5, 5.41) is 13.4. The lowest BCUT2D eigenvalue weighted by Crippen LogP contribution is -2.42. The zero-order valence-corrected chi connectivity index (χ0v) is 21.8. The number of fused-ring (bicyclic) bond motifs is 4. The van der Waals surface area contributed by atoms with Crippen LogP contribution in [0.2, 0.25) is 0 Å². The number of carbonyl (C=O) groups is 4. The first-order valence-corrected chi connectivity index (χ1v) is 13.0. The molecule has 0 bridgehead atoms. The number of unbranched alkanes of at least 4 members (excludes halogenated alkanes) is 1. The van der Waals surface area contributed by atoms with Crippen LogP contribution < -0.4 is 10.6 Å². The van der Waals surface area contributed by atoms with Crippen molar-refractivity contribution < 1.29 is 38.3 Å². The second kappa shape index (κ2) is 8.57. The molecule has 2 saturated heterocycles. The van der Waals surface area contributed by atoms with E-state index in [0.717, 1.165) is 0 Å². The minimum absolute atomic E-state index is 0.132. The Kier molecular flexibility index (Phi) is 5.70. The number of nitrogens with zero attached hydrogens (tertiary/aromatic N) is 2. The van der Waals surface area contributed by atoms with E-state index in [9.17, 15) is 19.2 Å². The number of amides is 2. The van der Waals surface area contributed by atoms with Gasteiger partial charge in [-0.3, -0.25) is 19.2 Å². The predicted octanol–water partition coefficient (Wildman–Crippen LogP) is 0.287. The van der Waals surface area contributed by atoms with Gasteiger partial charge >= 0.3 is 0 Å². The van der Waals surface area contributed by atoms with Crippen LogP contribution in [0.4, 0.5) is 0 Å². The maximum atomic E-state index is 12.5. The third-order valence-corrected chi connectivity index (χ3v) is 8.15. The van der Waals surface area contributed by atoms with Gasteiger partial charge in [-0.05, 0) is 56.9 Å². The number of epoxide rings is 2. The van der Waals surface area contributed by atoms with Crippen LogP contribution in [0.1, 0.15) is 25.7 Å². The maximum absolute atomic E-state index is 12.5. The van der Waals surface area contributed by atoms with Crippen LogP contribution in [-0.2, 0) is 38.3 Å². The molecule has 12 nitrogen and oxygen atoms in total. The molecule has 190 valence electrons. The van der Waals surface area contributed by atoms with E-state index in [1.54, 1.807) is 12.2 Å². The molecule has 0 aromatic rings. The molecule has 6 aliphatic rings. The lowest BCUT2D eigenvalue weighted by molar-refractivity contribution is -0.117. The van der Waals surface area contributed by atoms with Crippen LogP contribution in [0.25, 0.3) is 0 Å². The summed E-state index contributed by atoms with van der Waals surface area (Å²) in [4.78, 5) is 59.8. The lowest BCUT2D eigenvalue weighted by Gasteiger charge is -2.23. The van der Waals surface area contributed by atoms with E-state index >= 15 is 0 Å². The summed E-state index contributed by atoms with van der Waals surface area (Å²) in [7, 11) is 0. The van der Waals surface area contributed by atoms with Crippen LogP contribution in [0.3, 0.4) is 0 Å². The molecule has 2 amide bonds. The fourth-order valence-corrected chi connectivity index (χ4v) is 6.09. The molecule has 0 aromatic carbocycles. The van der Waals surface area contributed by atoms with Crippen molar-refractivity contribution in [1.29, 1.82) is 0 Å². The van der Waals surface area contributed by atoms with Crippen molar-refractivity contribution in [2.24, 2.45) is 10.3 Å².